The number of carbonyl (C=O) groups excluding carboxylic acids is 2. The number of hydrogen-bond acceptors (Lipinski definition) is 6. The number of halogens is 1. The third-order valence-electron chi connectivity index (χ3n) is 3.74. The van der Waals surface area contributed by atoms with Crippen molar-refractivity contribution >= 4 is 17.6 Å². The lowest BCUT2D eigenvalue weighted by molar-refractivity contribution is 0.0371. The van der Waals surface area contributed by atoms with Crippen molar-refractivity contribution in [2.45, 2.75) is 33.4 Å². The lowest BCUT2D eigenvalue weighted by Gasteiger charge is -2.07. The molecule has 2 heterocycles. The molecule has 0 aliphatic rings. The van der Waals surface area contributed by atoms with Gasteiger partial charge >= 0.3 is 5.97 Å². The molecule has 0 spiro atoms. The van der Waals surface area contributed by atoms with Crippen LogP contribution in [0.4, 0.5) is 10.1 Å². The summed E-state index contributed by atoms with van der Waals surface area (Å²) in [5.41, 5.74) is 0.801. The maximum absolute atomic E-state index is 13.0. The normalized spacial score (nSPS) is 10.9. The zero-order valence-electron chi connectivity index (χ0n) is 15.6. The van der Waals surface area contributed by atoms with Crippen LogP contribution < -0.4 is 5.32 Å². The number of nitrogens with zero attached hydrogens (tertiary/aromatic N) is 3. The predicted molar refractivity (Wildman–Crippen MR) is 98.3 cm³/mol. The highest BCUT2D eigenvalue weighted by Crippen LogP contribution is 2.22. The summed E-state index contributed by atoms with van der Waals surface area (Å²) in [5, 5.41) is 10.5. The molecule has 3 aromatic rings. The highest BCUT2D eigenvalue weighted by Gasteiger charge is 2.22. The van der Waals surface area contributed by atoms with Crippen LogP contribution in [0.15, 0.2) is 41.1 Å². The van der Waals surface area contributed by atoms with Gasteiger partial charge in [-0.25, -0.2) is 9.18 Å². The van der Waals surface area contributed by atoms with Crippen molar-refractivity contribution in [2.24, 2.45) is 0 Å². The second-order valence-electron chi connectivity index (χ2n) is 6.24. The summed E-state index contributed by atoms with van der Waals surface area (Å²) in [6.07, 6.45) is 1.21. The molecule has 0 aliphatic carbocycles. The number of esters is 1. The molecular weight excluding hydrogens is 367 g/mol. The topological polar surface area (TPSA) is 99.2 Å². The first kappa shape index (κ1) is 19.3. The van der Waals surface area contributed by atoms with Crippen LogP contribution in [0.5, 0.6) is 0 Å². The number of amides is 1. The van der Waals surface area contributed by atoms with Gasteiger partial charge in [-0.3, -0.25) is 9.48 Å². The summed E-state index contributed by atoms with van der Waals surface area (Å²) in [4.78, 5) is 24.8. The molecule has 146 valence electrons. The van der Waals surface area contributed by atoms with Crippen molar-refractivity contribution in [1.82, 2.24) is 14.9 Å². The first-order valence-electron chi connectivity index (χ1n) is 8.69. The SMILES string of the molecule is CCn1cc(NC(=O)c2cc(-c3ccc(F)cc3)on2)c(C(=O)OC(C)C)n1. The van der Waals surface area contributed by atoms with E-state index in [-0.39, 0.29) is 29.0 Å². The molecular formula is C19H19FN4O4. The summed E-state index contributed by atoms with van der Waals surface area (Å²) in [6, 6.07) is 7.03. The van der Waals surface area contributed by atoms with Gasteiger partial charge in [-0.05, 0) is 45.0 Å². The Morgan fingerprint density at radius 1 is 1.29 bits per heavy atom. The highest BCUT2D eigenvalue weighted by atomic mass is 19.1. The standard InChI is InChI=1S/C19H19FN4O4/c1-4-24-10-15(17(22-24)19(26)27-11(2)3)21-18(25)14-9-16(28-23-14)12-5-7-13(20)8-6-12/h5-11H,4H2,1-3H3,(H,21,25). The zero-order chi connectivity index (χ0) is 20.3. The lowest BCUT2D eigenvalue weighted by Crippen LogP contribution is -2.17. The number of anilines is 1. The quantitative estimate of drug-likeness (QED) is 0.651. The fraction of sp³-hybridized carbons (Fsp3) is 0.263. The molecule has 0 aliphatic heterocycles. The van der Waals surface area contributed by atoms with Gasteiger partial charge in [0.2, 0.25) is 0 Å². The number of rotatable bonds is 6. The van der Waals surface area contributed by atoms with Crippen molar-refractivity contribution in [3.63, 3.8) is 0 Å². The van der Waals surface area contributed by atoms with E-state index in [2.05, 4.69) is 15.6 Å². The van der Waals surface area contributed by atoms with Crippen LogP contribution in [-0.4, -0.2) is 32.9 Å². The van der Waals surface area contributed by atoms with E-state index in [1.807, 2.05) is 6.92 Å². The van der Waals surface area contributed by atoms with E-state index < -0.39 is 11.9 Å². The van der Waals surface area contributed by atoms with Crippen molar-refractivity contribution < 1.29 is 23.2 Å². The smallest absolute Gasteiger partial charge is 0.361 e. The van der Waals surface area contributed by atoms with E-state index >= 15 is 0 Å². The van der Waals surface area contributed by atoms with Crippen LogP contribution in [0.1, 0.15) is 41.7 Å². The van der Waals surface area contributed by atoms with E-state index in [1.54, 1.807) is 13.8 Å². The van der Waals surface area contributed by atoms with Crippen LogP contribution in [0.25, 0.3) is 11.3 Å². The Balaban J connectivity index is 1.80. The first-order valence-corrected chi connectivity index (χ1v) is 8.69. The molecule has 0 unspecified atom stereocenters. The van der Waals surface area contributed by atoms with E-state index in [1.165, 1.54) is 41.2 Å². The number of carbonyl (C=O) groups is 2. The molecule has 0 radical (unpaired) electrons. The molecule has 1 N–H and O–H groups in total. The average Bonchev–Trinajstić information content (AvgIpc) is 3.29. The molecule has 1 amide bonds. The van der Waals surface area contributed by atoms with Gasteiger partial charge in [0.25, 0.3) is 5.91 Å². The third-order valence-corrected chi connectivity index (χ3v) is 3.74. The van der Waals surface area contributed by atoms with Crippen molar-refractivity contribution in [1.29, 1.82) is 0 Å². The molecule has 28 heavy (non-hydrogen) atoms. The summed E-state index contributed by atoms with van der Waals surface area (Å²) < 4.78 is 24.9. The van der Waals surface area contributed by atoms with E-state index in [4.69, 9.17) is 9.26 Å². The Bertz CT molecular complexity index is 992. The fourth-order valence-electron chi connectivity index (χ4n) is 2.41. The largest absolute Gasteiger partial charge is 0.458 e. The van der Waals surface area contributed by atoms with Crippen LogP contribution in [0.2, 0.25) is 0 Å². The fourth-order valence-corrected chi connectivity index (χ4v) is 2.41. The molecule has 0 fully saturated rings. The molecule has 0 saturated carbocycles. The second-order valence-corrected chi connectivity index (χ2v) is 6.24. The highest BCUT2D eigenvalue weighted by molar-refractivity contribution is 6.06. The van der Waals surface area contributed by atoms with E-state index in [0.29, 0.717) is 17.9 Å². The van der Waals surface area contributed by atoms with Crippen molar-refractivity contribution in [3.8, 4) is 11.3 Å². The Labute approximate surface area is 160 Å². The monoisotopic (exact) mass is 386 g/mol. The van der Waals surface area contributed by atoms with Gasteiger partial charge in [0.15, 0.2) is 17.1 Å². The Hall–Kier alpha value is -3.49. The van der Waals surface area contributed by atoms with Crippen LogP contribution in [-0.2, 0) is 11.3 Å². The second kappa shape index (κ2) is 8.03. The van der Waals surface area contributed by atoms with Gasteiger partial charge < -0.3 is 14.6 Å². The molecule has 0 saturated heterocycles. The summed E-state index contributed by atoms with van der Waals surface area (Å²) in [6.45, 7) is 5.80. The Morgan fingerprint density at radius 3 is 2.64 bits per heavy atom. The summed E-state index contributed by atoms with van der Waals surface area (Å²) >= 11 is 0. The maximum atomic E-state index is 13.0. The Kier molecular flexibility index (Phi) is 5.53. The molecule has 2 aromatic heterocycles. The van der Waals surface area contributed by atoms with Gasteiger partial charge in [0.1, 0.15) is 5.82 Å². The zero-order valence-corrected chi connectivity index (χ0v) is 15.6. The number of hydrogen-bond donors (Lipinski definition) is 1. The predicted octanol–water partition coefficient (Wildman–Crippen LogP) is 3.51. The summed E-state index contributed by atoms with van der Waals surface area (Å²) in [5.74, 6) is -1.28. The number of benzene rings is 1. The van der Waals surface area contributed by atoms with Crippen molar-refractivity contribution in [3.05, 3.63) is 53.7 Å². The minimum atomic E-state index is -0.635. The minimum Gasteiger partial charge on any atom is -0.458 e. The van der Waals surface area contributed by atoms with Gasteiger partial charge in [0.05, 0.1) is 11.8 Å². The summed E-state index contributed by atoms with van der Waals surface area (Å²) in [7, 11) is 0. The lowest BCUT2D eigenvalue weighted by atomic mass is 10.1. The Morgan fingerprint density at radius 2 is 2.00 bits per heavy atom. The van der Waals surface area contributed by atoms with Gasteiger partial charge in [-0.15, -0.1) is 0 Å². The number of aromatic nitrogens is 3. The van der Waals surface area contributed by atoms with Crippen LogP contribution in [0.3, 0.4) is 0 Å². The molecule has 1 aromatic carbocycles. The van der Waals surface area contributed by atoms with Crippen molar-refractivity contribution in [2.75, 3.05) is 5.32 Å². The molecule has 8 nitrogen and oxygen atoms in total. The van der Waals surface area contributed by atoms with Gasteiger partial charge in [-0.2, -0.15) is 5.10 Å². The molecule has 3 rings (SSSR count). The number of nitrogens with one attached hydrogen (secondary N) is 1. The average molecular weight is 386 g/mol. The molecule has 0 bridgehead atoms. The minimum absolute atomic E-state index is 0.00570. The molecule has 0 atom stereocenters. The van der Waals surface area contributed by atoms with Gasteiger partial charge in [0, 0.05) is 24.4 Å². The van der Waals surface area contributed by atoms with E-state index in [9.17, 15) is 14.0 Å². The number of aryl methyl sites for hydroxylation is 1. The van der Waals surface area contributed by atoms with Gasteiger partial charge in [-0.1, -0.05) is 5.16 Å². The van der Waals surface area contributed by atoms with Crippen LogP contribution in [0, 0.1) is 5.82 Å². The first-order chi connectivity index (χ1) is 13.4. The molecule has 9 heteroatoms. The third kappa shape index (κ3) is 4.25. The maximum Gasteiger partial charge on any atom is 0.361 e. The van der Waals surface area contributed by atoms with Crippen LogP contribution >= 0.6 is 0 Å². The van der Waals surface area contributed by atoms with E-state index in [0.717, 1.165) is 0 Å². The number of ether oxygens (including phenoxy) is 1.